The van der Waals surface area contributed by atoms with E-state index in [9.17, 15) is 30.3 Å². The van der Waals surface area contributed by atoms with Crippen molar-refractivity contribution in [1.82, 2.24) is 0 Å². The number of carbonyl (C=O) groups excluding carboxylic acids is 1. The lowest BCUT2D eigenvalue weighted by molar-refractivity contribution is -0.359. The van der Waals surface area contributed by atoms with Crippen LogP contribution in [0.25, 0.3) is 0 Å². The topological polar surface area (TPSA) is 155 Å². The first-order valence-electron chi connectivity index (χ1n) is 8.78. The van der Waals surface area contributed by atoms with Crippen molar-refractivity contribution in [2.45, 2.75) is 62.0 Å². The van der Waals surface area contributed by atoms with Gasteiger partial charge in [0.05, 0.1) is 18.8 Å². The van der Waals surface area contributed by atoms with Gasteiger partial charge in [0.25, 0.3) is 0 Å². The molecule has 0 radical (unpaired) electrons. The van der Waals surface area contributed by atoms with Crippen molar-refractivity contribution in [3.05, 3.63) is 0 Å². The average molecular weight is 376 g/mol. The minimum Gasteiger partial charge on any atom is -0.462 e. The second kappa shape index (κ2) is 6.35. The number of aliphatic hydroxyl groups is 5. The molecule has 0 bridgehead atoms. The number of rotatable bonds is 3. The fourth-order valence-electron chi connectivity index (χ4n) is 4.66. The SMILES string of the molecule is C[C@H]1C[C@@H]2OC(=O)[C@@H]3[C@@H](O[C@H]4O[C@@H](CO)[C@H](O)[C@@H](O)[C@@H]4O)OC[C@@]1(O)[C@@H]32. The van der Waals surface area contributed by atoms with Gasteiger partial charge in [-0.25, -0.2) is 0 Å². The van der Waals surface area contributed by atoms with Crippen molar-refractivity contribution in [1.29, 1.82) is 0 Å². The molecule has 0 aromatic carbocycles. The maximum absolute atomic E-state index is 12.3. The van der Waals surface area contributed by atoms with E-state index in [2.05, 4.69) is 0 Å². The van der Waals surface area contributed by atoms with Crippen LogP contribution in [0.5, 0.6) is 0 Å². The fourth-order valence-corrected chi connectivity index (χ4v) is 4.66. The molecule has 148 valence electrons. The molecule has 4 fully saturated rings. The van der Waals surface area contributed by atoms with Gasteiger partial charge in [-0.15, -0.1) is 0 Å². The van der Waals surface area contributed by atoms with Crippen molar-refractivity contribution >= 4 is 5.97 Å². The van der Waals surface area contributed by atoms with E-state index < -0.39 is 73.1 Å². The summed E-state index contributed by atoms with van der Waals surface area (Å²) < 4.78 is 21.8. The Bertz CT molecular complexity index is 569. The normalized spacial score (nSPS) is 56.3. The van der Waals surface area contributed by atoms with Crippen LogP contribution in [0, 0.1) is 17.8 Å². The molecule has 3 heterocycles. The lowest BCUT2D eigenvalue weighted by Crippen LogP contribution is -2.62. The van der Waals surface area contributed by atoms with E-state index >= 15 is 0 Å². The molecule has 10 heteroatoms. The number of ether oxygens (including phenoxy) is 4. The molecule has 0 spiro atoms. The van der Waals surface area contributed by atoms with Gasteiger partial charge in [0.2, 0.25) is 0 Å². The standard InChI is InChI=1S/C16H24O10/c1-5-2-6-9-8(13(21)24-6)14(23-4-16(5,9)22)26-15-12(20)11(19)10(18)7(3-17)25-15/h5-12,14-15,17-20,22H,2-4H2,1H3/t5-,6-,7-,8+,9+,10-,11+,12-,14+,15+,16-/m0/s1. The molecular weight excluding hydrogens is 352 g/mol. The van der Waals surface area contributed by atoms with Gasteiger partial charge >= 0.3 is 5.97 Å². The zero-order chi connectivity index (χ0) is 18.8. The van der Waals surface area contributed by atoms with Gasteiger partial charge in [0.1, 0.15) is 36.4 Å². The molecule has 5 N–H and O–H groups in total. The summed E-state index contributed by atoms with van der Waals surface area (Å²) in [5.74, 6) is -2.05. The van der Waals surface area contributed by atoms with E-state index in [-0.39, 0.29) is 12.5 Å². The van der Waals surface area contributed by atoms with Gasteiger partial charge in [-0.05, 0) is 12.3 Å². The van der Waals surface area contributed by atoms with E-state index in [0.717, 1.165) is 0 Å². The highest BCUT2D eigenvalue weighted by molar-refractivity contribution is 5.76. The number of esters is 1. The van der Waals surface area contributed by atoms with E-state index in [1.165, 1.54) is 0 Å². The maximum Gasteiger partial charge on any atom is 0.314 e. The van der Waals surface area contributed by atoms with Gasteiger partial charge in [-0.1, -0.05) is 6.92 Å². The molecule has 4 rings (SSSR count). The Labute approximate surface area is 149 Å². The molecule has 1 aliphatic carbocycles. The third kappa shape index (κ3) is 2.52. The van der Waals surface area contributed by atoms with Crippen LogP contribution in [0.15, 0.2) is 0 Å². The van der Waals surface area contributed by atoms with Crippen LogP contribution in [0.3, 0.4) is 0 Å². The predicted molar refractivity (Wildman–Crippen MR) is 80.2 cm³/mol. The predicted octanol–water partition coefficient (Wildman–Crippen LogP) is -2.91. The number of aliphatic hydroxyl groups excluding tert-OH is 4. The summed E-state index contributed by atoms with van der Waals surface area (Å²) in [4.78, 5) is 12.3. The largest absolute Gasteiger partial charge is 0.462 e. The van der Waals surface area contributed by atoms with Crippen molar-refractivity contribution < 1.29 is 49.3 Å². The Hall–Kier alpha value is -0.850. The minimum absolute atomic E-state index is 0.0649. The summed E-state index contributed by atoms with van der Waals surface area (Å²) in [6, 6.07) is 0. The molecular formula is C16H24O10. The molecule has 0 unspecified atom stereocenters. The lowest BCUT2D eigenvalue weighted by atomic mass is 9.76. The summed E-state index contributed by atoms with van der Waals surface area (Å²) in [5, 5.41) is 50.0. The lowest BCUT2D eigenvalue weighted by Gasteiger charge is -2.45. The van der Waals surface area contributed by atoms with Crippen LogP contribution in [0.2, 0.25) is 0 Å². The van der Waals surface area contributed by atoms with Gasteiger partial charge in [0, 0.05) is 5.92 Å². The number of hydrogen-bond donors (Lipinski definition) is 5. The van der Waals surface area contributed by atoms with E-state index in [1.54, 1.807) is 0 Å². The monoisotopic (exact) mass is 376 g/mol. The van der Waals surface area contributed by atoms with Crippen LogP contribution >= 0.6 is 0 Å². The highest BCUT2D eigenvalue weighted by Crippen LogP contribution is 2.54. The molecule has 3 aliphatic heterocycles. The van der Waals surface area contributed by atoms with Gasteiger partial charge in [0.15, 0.2) is 12.6 Å². The summed E-state index contributed by atoms with van der Waals surface area (Å²) in [7, 11) is 0. The van der Waals surface area contributed by atoms with Gasteiger partial charge in [-0.2, -0.15) is 0 Å². The summed E-state index contributed by atoms with van der Waals surface area (Å²) >= 11 is 0. The molecule has 11 atom stereocenters. The second-order valence-electron chi connectivity index (χ2n) is 7.67. The molecule has 4 aliphatic rings. The van der Waals surface area contributed by atoms with E-state index in [0.29, 0.717) is 6.42 Å². The van der Waals surface area contributed by atoms with Crippen molar-refractivity contribution in [3.8, 4) is 0 Å². The van der Waals surface area contributed by atoms with E-state index in [1.807, 2.05) is 6.92 Å². The Balaban J connectivity index is 1.53. The number of carbonyl (C=O) groups is 1. The van der Waals surface area contributed by atoms with Crippen LogP contribution < -0.4 is 0 Å². The first-order chi connectivity index (χ1) is 12.3. The molecule has 10 nitrogen and oxygen atoms in total. The first-order valence-corrected chi connectivity index (χ1v) is 8.78. The van der Waals surface area contributed by atoms with Crippen LogP contribution in [0.1, 0.15) is 13.3 Å². The smallest absolute Gasteiger partial charge is 0.314 e. The Kier molecular flexibility index (Phi) is 4.52. The fraction of sp³-hybridized carbons (Fsp3) is 0.938. The number of hydrogen-bond acceptors (Lipinski definition) is 10. The van der Waals surface area contributed by atoms with Crippen molar-refractivity contribution in [3.63, 3.8) is 0 Å². The molecule has 0 amide bonds. The Morgan fingerprint density at radius 3 is 2.62 bits per heavy atom. The summed E-state index contributed by atoms with van der Waals surface area (Å²) in [5.41, 5.74) is -1.20. The zero-order valence-corrected chi connectivity index (χ0v) is 14.2. The van der Waals surface area contributed by atoms with Crippen LogP contribution in [0.4, 0.5) is 0 Å². The first kappa shape index (κ1) is 18.5. The summed E-state index contributed by atoms with van der Waals surface area (Å²) in [6.07, 6.45) is -8.31. The third-order valence-corrected chi connectivity index (χ3v) is 6.23. The van der Waals surface area contributed by atoms with Gasteiger partial charge in [-0.3, -0.25) is 4.79 Å². The zero-order valence-electron chi connectivity index (χ0n) is 14.2. The maximum atomic E-state index is 12.3. The molecule has 26 heavy (non-hydrogen) atoms. The van der Waals surface area contributed by atoms with Crippen LogP contribution in [-0.2, 0) is 23.7 Å². The third-order valence-electron chi connectivity index (χ3n) is 6.23. The second-order valence-corrected chi connectivity index (χ2v) is 7.67. The van der Waals surface area contributed by atoms with Gasteiger partial charge < -0.3 is 44.5 Å². The Morgan fingerprint density at radius 1 is 1.19 bits per heavy atom. The summed E-state index contributed by atoms with van der Waals surface area (Å²) in [6.45, 7) is 1.21. The van der Waals surface area contributed by atoms with Crippen LogP contribution in [-0.4, -0.2) is 93.4 Å². The average Bonchev–Trinajstić information content (AvgIpc) is 3.06. The Morgan fingerprint density at radius 2 is 1.92 bits per heavy atom. The van der Waals surface area contributed by atoms with Crippen molar-refractivity contribution in [2.24, 2.45) is 17.8 Å². The minimum atomic E-state index is -1.60. The quantitative estimate of drug-likeness (QED) is 0.324. The van der Waals surface area contributed by atoms with Crippen molar-refractivity contribution in [2.75, 3.05) is 13.2 Å². The van der Waals surface area contributed by atoms with E-state index in [4.69, 9.17) is 18.9 Å². The molecule has 3 saturated heterocycles. The molecule has 0 aromatic rings. The highest BCUT2D eigenvalue weighted by atomic mass is 16.8. The molecule has 0 aromatic heterocycles. The highest BCUT2D eigenvalue weighted by Gasteiger charge is 2.67. The molecule has 1 saturated carbocycles.